The third-order valence-electron chi connectivity index (χ3n) is 6.10. The molecule has 1 aliphatic rings. The Hall–Kier alpha value is -1.81. The molecule has 0 aromatic carbocycles. The molecule has 1 aromatic heterocycles. The smallest absolute Gasteiger partial charge is 0.411 e. The van der Waals surface area contributed by atoms with Crippen LogP contribution in [-0.2, 0) is 9.47 Å². The molecule has 0 saturated heterocycles. The molecule has 1 aromatic rings. The van der Waals surface area contributed by atoms with Gasteiger partial charge < -0.3 is 19.7 Å². The quantitative estimate of drug-likeness (QED) is 0.517. The molecule has 0 bridgehead atoms. The van der Waals surface area contributed by atoms with Gasteiger partial charge in [-0.05, 0) is 59.3 Å². The van der Waals surface area contributed by atoms with E-state index < -0.39 is 12.8 Å². The number of hydrogen-bond donors (Lipinski definition) is 2. The van der Waals surface area contributed by atoms with Crippen LogP contribution in [0.3, 0.4) is 0 Å². The summed E-state index contributed by atoms with van der Waals surface area (Å²) in [6.07, 6.45) is 0.626. The van der Waals surface area contributed by atoms with Crippen LogP contribution in [0.15, 0.2) is 6.20 Å². The van der Waals surface area contributed by atoms with E-state index in [1.807, 2.05) is 33.9 Å². The first kappa shape index (κ1) is 26.4. The monoisotopic (exact) mass is 462 g/mol. The highest BCUT2D eigenvalue weighted by Gasteiger charge is 2.30. The van der Waals surface area contributed by atoms with E-state index in [9.17, 15) is 18.0 Å². The predicted molar refractivity (Wildman–Crippen MR) is 115 cm³/mol. The summed E-state index contributed by atoms with van der Waals surface area (Å²) in [7, 11) is 1.72. The number of carbonyl (C=O) groups excluding carboxylic acids is 1. The summed E-state index contributed by atoms with van der Waals surface area (Å²) in [5.41, 5.74) is 1.84. The van der Waals surface area contributed by atoms with Crippen LogP contribution in [0.25, 0.3) is 0 Å². The number of alkyl halides is 3. The molecule has 0 radical (unpaired) electrons. The van der Waals surface area contributed by atoms with Crippen LogP contribution in [0.1, 0.15) is 76.6 Å². The van der Waals surface area contributed by atoms with Crippen molar-refractivity contribution in [2.24, 2.45) is 5.92 Å². The number of H-pyrrole nitrogens is 1. The van der Waals surface area contributed by atoms with E-state index in [-0.39, 0.29) is 36.8 Å². The topological polar surface area (TPSA) is 79.5 Å². The van der Waals surface area contributed by atoms with E-state index in [4.69, 9.17) is 9.47 Å². The Morgan fingerprint density at radius 1 is 1.28 bits per heavy atom. The lowest BCUT2D eigenvalue weighted by atomic mass is 9.79. The number of nitrogens with one attached hydrogen (secondary N) is 2. The first-order chi connectivity index (χ1) is 14.9. The normalized spacial score (nSPS) is 20.8. The van der Waals surface area contributed by atoms with Gasteiger partial charge >= 0.3 is 12.3 Å². The molecule has 10 heteroatoms. The Morgan fingerprint density at radius 3 is 2.53 bits per heavy atom. The third-order valence-corrected chi connectivity index (χ3v) is 6.10. The Balaban J connectivity index is 1.75. The van der Waals surface area contributed by atoms with Gasteiger partial charge in [0.05, 0.1) is 6.20 Å². The summed E-state index contributed by atoms with van der Waals surface area (Å²) in [4.78, 5) is 13.6. The van der Waals surface area contributed by atoms with Crippen molar-refractivity contribution < 1.29 is 27.4 Å². The van der Waals surface area contributed by atoms with Crippen molar-refractivity contribution in [3.8, 4) is 0 Å². The average Bonchev–Trinajstić information content (AvgIpc) is 3.19. The van der Waals surface area contributed by atoms with Crippen LogP contribution in [-0.4, -0.2) is 66.3 Å². The molecule has 1 saturated carbocycles. The summed E-state index contributed by atoms with van der Waals surface area (Å²) >= 11 is 0. The summed E-state index contributed by atoms with van der Waals surface area (Å²) in [5, 5.41) is 10.7. The van der Waals surface area contributed by atoms with Gasteiger partial charge in [0, 0.05) is 49.0 Å². The Bertz CT molecular complexity index is 710. The van der Waals surface area contributed by atoms with Gasteiger partial charge in [0.2, 0.25) is 0 Å². The Morgan fingerprint density at radius 2 is 1.94 bits per heavy atom. The van der Waals surface area contributed by atoms with Crippen LogP contribution < -0.4 is 5.32 Å². The minimum atomic E-state index is -4.27. The molecule has 2 N–H and O–H groups in total. The zero-order valence-electron chi connectivity index (χ0n) is 19.7. The number of aromatic amines is 1. The largest absolute Gasteiger partial charge is 0.448 e. The maximum Gasteiger partial charge on any atom is 0.411 e. The standard InChI is InChI=1S/C22H37F3N4O3/c1-15(26-10-11-32-20(30)29(5)21(2,3)4)18-12-27-28-19(18)17-8-6-16(7-9-17)13-31-14-22(23,24)25/h12,15-17,26H,6-11,13-14H2,1-5H3,(H,27,28). The summed E-state index contributed by atoms with van der Waals surface area (Å²) in [5.74, 6) is 0.463. The molecule has 0 aliphatic heterocycles. The van der Waals surface area contributed by atoms with Crippen molar-refractivity contribution in [2.45, 2.75) is 77.1 Å². The minimum Gasteiger partial charge on any atom is -0.448 e. The van der Waals surface area contributed by atoms with Crippen LogP contribution in [0.5, 0.6) is 0 Å². The maximum atomic E-state index is 12.2. The first-order valence-corrected chi connectivity index (χ1v) is 11.2. The second-order valence-corrected chi connectivity index (χ2v) is 9.61. The van der Waals surface area contributed by atoms with E-state index in [0.29, 0.717) is 12.5 Å². The third kappa shape index (κ3) is 8.27. The fraction of sp³-hybridized carbons (Fsp3) is 0.818. The van der Waals surface area contributed by atoms with Crippen molar-refractivity contribution >= 4 is 6.09 Å². The molecule has 1 atom stereocenters. The number of ether oxygens (including phenoxy) is 2. The average molecular weight is 463 g/mol. The fourth-order valence-electron chi connectivity index (χ4n) is 3.83. The van der Waals surface area contributed by atoms with Crippen molar-refractivity contribution in [3.05, 3.63) is 17.5 Å². The number of rotatable bonds is 9. The molecule has 184 valence electrons. The summed E-state index contributed by atoms with van der Waals surface area (Å²) < 4.78 is 46.9. The van der Waals surface area contributed by atoms with Crippen molar-refractivity contribution in [3.63, 3.8) is 0 Å². The maximum absolute atomic E-state index is 12.2. The minimum absolute atomic E-state index is 0.0237. The highest BCUT2D eigenvalue weighted by Crippen LogP contribution is 2.37. The molecule has 7 nitrogen and oxygen atoms in total. The molecule has 2 rings (SSSR count). The lowest BCUT2D eigenvalue weighted by Crippen LogP contribution is -2.43. The Kier molecular flexibility index (Phi) is 9.39. The van der Waals surface area contributed by atoms with Crippen molar-refractivity contribution in [1.29, 1.82) is 0 Å². The summed E-state index contributed by atoms with van der Waals surface area (Å²) in [6, 6.07) is 0.0237. The predicted octanol–water partition coefficient (Wildman–Crippen LogP) is 4.78. The number of nitrogens with zero attached hydrogens (tertiary/aromatic N) is 2. The number of halogens is 3. The van der Waals surface area contributed by atoms with Gasteiger partial charge in [0.1, 0.15) is 13.2 Å². The summed E-state index contributed by atoms with van der Waals surface area (Å²) in [6.45, 7) is 7.62. The highest BCUT2D eigenvalue weighted by molar-refractivity contribution is 5.68. The molecular formula is C22H37F3N4O3. The molecular weight excluding hydrogens is 425 g/mol. The number of aromatic nitrogens is 2. The second-order valence-electron chi connectivity index (χ2n) is 9.61. The lowest BCUT2D eigenvalue weighted by molar-refractivity contribution is -0.177. The van der Waals surface area contributed by atoms with Gasteiger partial charge in [-0.2, -0.15) is 18.3 Å². The van der Waals surface area contributed by atoms with Crippen LogP contribution in [0, 0.1) is 5.92 Å². The van der Waals surface area contributed by atoms with E-state index in [1.54, 1.807) is 11.9 Å². The van der Waals surface area contributed by atoms with Crippen LogP contribution >= 0.6 is 0 Å². The van der Waals surface area contributed by atoms with Gasteiger partial charge in [-0.1, -0.05) is 0 Å². The highest BCUT2D eigenvalue weighted by atomic mass is 19.4. The number of hydrogen-bond acceptors (Lipinski definition) is 5. The van der Waals surface area contributed by atoms with Gasteiger partial charge in [-0.15, -0.1) is 0 Å². The first-order valence-electron chi connectivity index (χ1n) is 11.2. The van der Waals surface area contributed by atoms with Gasteiger partial charge in [-0.3, -0.25) is 5.10 Å². The fourth-order valence-corrected chi connectivity index (χ4v) is 3.83. The zero-order valence-corrected chi connectivity index (χ0v) is 19.7. The molecule has 1 heterocycles. The molecule has 1 unspecified atom stereocenters. The van der Waals surface area contributed by atoms with Crippen LogP contribution in [0.2, 0.25) is 0 Å². The van der Waals surface area contributed by atoms with E-state index in [1.165, 1.54) is 0 Å². The number of carbonyl (C=O) groups is 1. The Labute approximate surface area is 188 Å². The second kappa shape index (κ2) is 11.4. The molecule has 1 amide bonds. The van der Waals surface area contributed by atoms with Crippen molar-refractivity contribution in [2.75, 3.05) is 33.4 Å². The van der Waals surface area contributed by atoms with E-state index >= 15 is 0 Å². The zero-order chi connectivity index (χ0) is 23.9. The molecule has 1 aliphatic carbocycles. The van der Waals surface area contributed by atoms with Gasteiger partial charge in [-0.25, -0.2) is 4.79 Å². The van der Waals surface area contributed by atoms with Crippen molar-refractivity contribution in [1.82, 2.24) is 20.4 Å². The van der Waals surface area contributed by atoms with E-state index in [0.717, 1.165) is 36.9 Å². The van der Waals surface area contributed by atoms with Crippen LogP contribution in [0.4, 0.5) is 18.0 Å². The molecule has 32 heavy (non-hydrogen) atoms. The van der Waals surface area contributed by atoms with Gasteiger partial charge in [0.15, 0.2) is 0 Å². The van der Waals surface area contributed by atoms with E-state index in [2.05, 4.69) is 15.5 Å². The lowest BCUT2D eigenvalue weighted by Gasteiger charge is -2.31. The molecule has 1 fully saturated rings. The SMILES string of the molecule is CC(NCCOC(=O)N(C)C(C)(C)C)c1cn[nH]c1C1CCC(COCC(F)(F)F)CC1. The molecule has 0 spiro atoms. The number of amides is 1. The van der Waals surface area contributed by atoms with Gasteiger partial charge in [0.25, 0.3) is 0 Å².